The Kier molecular flexibility index (Phi) is 4.53. The largest absolute Gasteiger partial charge is 0.446 e. The van der Waals surface area contributed by atoms with Crippen LogP contribution in [0.2, 0.25) is 0 Å². The number of rotatable bonds is 3. The monoisotopic (exact) mass is 301 g/mol. The molecule has 0 saturated carbocycles. The summed E-state index contributed by atoms with van der Waals surface area (Å²) in [6, 6.07) is 9.13. The maximum absolute atomic E-state index is 12.4. The Morgan fingerprint density at radius 2 is 1.91 bits per heavy atom. The molecule has 0 bridgehead atoms. The molecular formula is C17H19NO4. The zero-order chi connectivity index (χ0) is 15.4. The first kappa shape index (κ1) is 14.8. The number of carbonyl (C=O) groups is 2. The minimum Gasteiger partial charge on any atom is -0.446 e. The molecule has 0 aromatic heterocycles. The molecule has 2 aliphatic rings. The lowest BCUT2D eigenvalue weighted by Crippen LogP contribution is -2.33. The molecule has 1 aromatic carbocycles. The first-order valence-electron chi connectivity index (χ1n) is 7.56. The highest BCUT2D eigenvalue weighted by Crippen LogP contribution is 2.28. The van der Waals surface area contributed by atoms with Crippen LogP contribution in [0, 0.1) is 5.92 Å². The van der Waals surface area contributed by atoms with Gasteiger partial charge in [-0.25, -0.2) is 9.69 Å². The second-order valence-corrected chi connectivity index (χ2v) is 5.52. The van der Waals surface area contributed by atoms with Gasteiger partial charge in [0.05, 0.1) is 0 Å². The van der Waals surface area contributed by atoms with Crippen molar-refractivity contribution in [3.8, 4) is 0 Å². The highest BCUT2D eigenvalue weighted by Gasteiger charge is 2.37. The van der Waals surface area contributed by atoms with E-state index in [9.17, 15) is 9.59 Å². The van der Waals surface area contributed by atoms with Gasteiger partial charge in [0.15, 0.2) is 0 Å². The summed E-state index contributed by atoms with van der Waals surface area (Å²) in [4.78, 5) is 25.5. The van der Waals surface area contributed by atoms with E-state index in [2.05, 4.69) is 0 Å². The van der Waals surface area contributed by atoms with E-state index in [1.54, 1.807) is 0 Å². The molecule has 0 spiro atoms. The van der Waals surface area contributed by atoms with Crippen molar-refractivity contribution in [2.75, 3.05) is 19.8 Å². The highest BCUT2D eigenvalue weighted by atomic mass is 16.6. The van der Waals surface area contributed by atoms with Crippen molar-refractivity contribution < 1.29 is 19.1 Å². The van der Waals surface area contributed by atoms with Crippen LogP contribution in [0.1, 0.15) is 24.4 Å². The lowest BCUT2D eigenvalue weighted by atomic mass is 10.00. The first-order chi connectivity index (χ1) is 10.8. The molecule has 0 radical (unpaired) electrons. The average molecular weight is 301 g/mol. The minimum absolute atomic E-state index is 0.208. The summed E-state index contributed by atoms with van der Waals surface area (Å²) in [7, 11) is 0. The molecular weight excluding hydrogens is 282 g/mol. The summed E-state index contributed by atoms with van der Waals surface area (Å²) >= 11 is 0. The van der Waals surface area contributed by atoms with Crippen LogP contribution in [-0.2, 0) is 14.3 Å². The number of hydrogen-bond acceptors (Lipinski definition) is 4. The van der Waals surface area contributed by atoms with Crippen molar-refractivity contribution in [3.63, 3.8) is 0 Å². The van der Waals surface area contributed by atoms with Gasteiger partial charge in [-0.2, -0.15) is 0 Å². The van der Waals surface area contributed by atoms with Crippen molar-refractivity contribution in [1.82, 2.24) is 4.90 Å². The van der Waals surface area contributed by atoms with Gasteiger partial charge in [-0.1, -0.05) is 36.4 Å². The van der Waals surface area contributed by atoms with E-state index in [1.165, 1.54) is 11.0 Å². The number of carbonyl (C=O) groups excluding carboxylic acids is 2. The smallest absolute Gasteiger partial charge is 0.417 e. The fraction of sp³-hybridized carbons (Fsp3) is 0.412. The van der Waals surface area contributed by atoms with E-state index >= 15 is 0 Å². The summed E-state index contributed by atoms with van der Waals surface area (Å²) < 4.78 is 10.4. The van der Waals surface area contributed by atoms with E-state index in [0.717, 1.165) is 31.6 Å². The number of amides is 2. The fourth-order valence-electron chi connectivity index (χ4n) is 2.79. The van der Waals surface area contributed by atoms with E-state index in [1.807, 2.05) is 36.4 Å². The maximum Gasteiger partial charge on any atom is 0.417 e. The minimum atomic E-state index is -0.574. The quantitative estimate of drug-likeness (QED) is 0.805. The molecule has 5 heteroatoms. The molecule has 1 aromatic rings. The topological polar surface area (TPSA) is 55.8 Å². The van der Waals surface area contributed by atoms with Gasteiger partial charge in [0.2, 0.25) is 0 Å². The standard InChI is InChI=1S/C17H19NO4/c19-16(7-6-13-8-10-21-11-9-13)18-15(12-22-17(18)20)14-4-2-1-3-5-14/h1-7,13,15H,8-12H2/b7-6+/t15-/m0/s1. The molecule has 0 N–H and O–H groups in total. The molecule has 5 nitrogen and oxygen atoms in total. The molecule has 2 fully saturated rings. The maximum atomic E-state index is 12.4. The fourth-order valence-corrected chi connectivity index (χ4v) is 2.79. The van der Waals surface area contributed by atoms with Gasteiger partial charge in [-0.05, 0) is 30.4 Å². The van der Waals surface area contributed by atoms with Crippen LogP contribution in [-0.4, -0.2) is 36.7 Å². The molecule has 2 amide bonds. The molecule has 2 aliphatic heterocycles. The van der Waals surface area contributed by atoms with E-state index < -0.39 is 6.09 Å². The number of nitrogens with zero attached hydrogens (tertiary/aromatic N) is 1. The third-order valence-corrected chi connectivity index (χ3v) is 4.07. The van der Waals surface area contributed by atoms with Crippen molar-refractivity contribution in [3.05, 3.63) is 48.0 Å². The van der Waals surface area contributed by atoms with Crippen molar-refractivity contribution in [1.29, 1.82) is 0 Å². The van der Waals surface area contributed by atoms with E-state index in [4.69, 9.17) is 9.47 Å². The van der Waals surface area contributed by atoms with Gasteiger partial charge in [-0.15, -0.1) is 0 Å². The van der Waals surface area contributed by atoms with Gasteiger partial charge in [-0.3, -0.25) is 4.79 Å². The van der Waals surface area contributed by atoms with Crippen LogP contribution in [0.4, 0.5) is 4.79 Å². The number of benzene rings is 1. The Balaban J connectivity index is 1.71. The van der Waals surface area contributed by atoms with Crippen molar-refractivity contribution >= 4 is 12.0 Å². The summed E-state index contributed by atoms with van der Waals surface area (Å²) in [5.74, 6) is 0.0225. The van der Waals surface area contributed by atoms with Crippen molar-refractivity contribution in [2.24, 2.45) is 5.92 Å². The molecule has 22 heavy (non-hydrogen) atoms. The van der Waals surface area contributed by atoms with Crippen LogP contribution in [0.3, 0.4) is 0 Å². The lowest BCUT2D eigenvalue weighted by Gasteiger charge is -2.20. The number of cyclic esters (lactones) is 1. The molecule has 1 atom stereocenters. The second-order valence-electron chi connectivity index (χ2n) is 5.52. The molecule has 116 valence electrons. The normalized spacial score (nSPS) is 23.0. The number of hydrogen-bond donors (Lipinski definition) is 0. The zero-order valence-electron chi connectivity index (χ0n) is 12.3. The number of allylic oxidation sites excluding steroid dienone is 1. The van der Waals surface area contributed by atoms with Crippen LogP contribution >= 0.6 is 0 Å². The van der Waals surface area contributed by atoms with Gasteiger partial charge < -0.3 is 9.47 Å². The number of imide groups is 1. The summed E-state index contributed by atoms with van der Waals surface area (Å²) in [6.45, 7) is 1.66. The summed E-state index contributed by atoms with van der Waals surface area (Å²) in [6.07, 6.45) is 4.64. The molecule has 2 heterocycles. The summed E-state index contributed by atoms with van der Waals surface area (Å²) in [5, 5.41) is 0. The Labute approximate surface area is 129 Å². The SMILES string of the molecule is O=C(/C=C/C1CCOCC1)N1C(=O)OC[C@H]1c1ccccc1. The van der Waals surface area contributed by atoms with Crippen LogP contribution in [0.15, 0.2) is 42.5 Å². The van der Waals surface area contributed by atoms with Gasteiger partial charge in [0.25, 0.3) is 5.91 Å². The Hall–Kier alpha value is -2.14. The van der Waals surface area contributed by atoms with E-state index in [-0.39, 0.29) is 18.6 Å². The molecule has 0 aliphatic carbocycles. The Morgan fingerprint density at radius 1 is 1.18 bits per heavy atom. The van der Waals surface area contributed by atoms with Crippen LogP contribution < -0.4 is 0 Å². The van der Waals surface area contributed by atoms with Crippen LogP contribution in [0.25, 0.3) is 0 Å². The van der Waals surface area contributed by atoms with Crippen molar-refractivity contribution in [2.45, 2.75) is 18.9 Å². The first-order valence-corrected chi connectivity index (χ1v) is 7.56. The van der Waals surface area contributed by atoms with Gasteiger partial charge >= 0.3 is 6.09 Å². The summed E-state index contributed by atoms with van der Waals surface area (Å²) in [5.41, 5.74) is 0.904. The number of ether oxygens (including phenoxy) is 2. The molecule has 3 rings (SSSR count). The van der Waals surface area contributed by atoms with Gasteiger partial charge in [0.1, 0.15) is 12.6 Å². The molecule has 0 unspecified atom stereocenters. The third-order valence-electron chi connectivity index (χ3n) is 4.07. The van der Waals surface area contributed by atoms with E-state index in [0.29, 0.717) is 5.92 Å². The Bertz CT molecular complexity index is 563. The second kappa shape index (κ2) is 6.75. The van der Waals surface area contributed by atoms with Crippen LogP contribution in [0.5, 0.6) is 0 Å². The highest BCUT2D eigenvalue weighted by molar-refractivity contribution is 5.99. The predicted molar refractivity (Wildman–Crippen MR) is 80.1 cm³/mol. The lowest BCUT2D eigenvalue weighted by molar-refractivity contribution is -0.124. The van der Waals surface area contributed by atoms with Gasteiger partial charge in [0, 0.05) is 13.2 Å². The third kappa shape index (κ3) is 3.20. The average Bonchev–Trinajstić information content (AvgIpc) is 2.96. The Morgan fingerprint density at radius 3 is 2.64 bits per heavy atom. The zero-order valence-corrected chi connectivity index (χ0v) is 12.3. The predicted octanol–water partition coefficient (Wildman–Crippen LogP) is 2.69. The molecule has 2 saturated heterocycles.